The number of piperazine rings is 1. The number of benzene rings is 1. The molecule has 0 spiro atoms. The fourth-order valence-electron chi connectivity index (χ4n) is 3.65. The first-order valence-electron chi connectivity index (χ1n) is 11.2. The number of anilines is 3. The molecular weight excluding hydrogens is 456 g/mol. The largest absolute Gasteiger partial charge is 0.494 e. The summed E-state index contributed by atoms with van der Waals surface area (Å²) in [5.74, 6) is 2.85. The number of hydrogen-bond acceptors (Lipinski definition) is 9. The van der Waals surface area contributed by atoms with Crippen molar-refractivity contribution in [2.75, 3.05) is 49.6 Å². The third-order valence-electron chi connectivity index (χ3n) is 5.28. The summed E-state index contributed by atoms with van der Waals surface area (Å²) >= 11 is 0. The van der Waals surface area contributed by atoms with E-state index < -0.39 is 10.0 Å². The lowest BCUT2D eigenvalue weighted by Crippen LogP contribution is -2.49. The van der Waals surface area contributed by atoms with E-state index in [4.69, 9.17) is 9.47 Å². The molecule has 180 valence electrons. The van der Waals surface area contributed by atoms with Crippen molar-refractivity contribution in [3.63, 3.8) is 0 Å². The number of hydrogen-bond donors (Lipinski definition) is 1. The van der Waals surface area contributed by atoms with Crippen LogP contribution in [0.5, 0.6) is 11.5 Å². The van der Waals surface area contributed by atoms with E-state index in [2.05, 4.69) is 20.5 Å². The Morgan fingerprint density at radius 3 is 2.35 bits per heavy atom. The van der Waals surface area contributed by atoms with E-state index in [0.717, 1.165) is 0 Å². The molecule has 0 bridgehead atoms. The van der Waals surface area contributed by atoms with Gasteiger partial charge in [0.05, 0.1) is 13.2 Å². The number of nitrogens with zero attached hydrogens (tertiary/aromatic N) is 5. The van der Waals surface area contributed by atoms with Crippen molar-refractivity contribution in [3.8, 4) is 11.5 Å². The average Bonchev–Trinajstić information content (AvgIpc) is 2.86. The van der Waals surface area contributed by atoms with Gasteiger partial charge >= 0.3 is 0 Å². The van der Waals surface area contributed by atoms with Gasteiger partial charge in [0.15, 0.2) is 11.6 Å². The molecule has 2 aromatic heterocycles. The van der Waals surface area contributed by atoms with Crippen LogP contribution in [0.2, 0.25) is 0 Å². The molecule has 11 heteroatoms. The first kappa shape index (κ1) is 23.7. The Bertz CT molecular complexity index is 1180. The summed E-state index contributed by atoms with van der Waals surface area (Å²) in [6, 6.07) is 14.1. The van der Waals surface area contributed by atoms with Crippen LogP contribution in [0.15, 0.2) is 59.6 Å². The number of sulfonamides is 1. The summed E-state index contributed by atoms with van der Waals surface area (Å²) in [5.41, 5.74) is 0. The molecule has 3 heterocycles. The highest BCUT2D eigenvalue weighted by Gasteiger charge is 2.31. The molecular formula is C23H28N6O4S. The Morgan fingerprint density at radius 1 is 0.912 bits per heavy atom. The summed E-state index contributed by atoms with van der Waals surface area (Å²) in [5, 5.41) is 11.6. The number of nitrogens with one attached hydrogen (secondary N) is 1. The van der Waals surface area contributed by atoms with Gasteiger partial charge in [-0.3, -0.25) is 0 Å². The summed E-state index contributed by atoms with van der Waals surface area (Å²) in [4.78, 5) is 6.37. The van der Waals surface area contributed by atoms with E-state index in [9.17, 15) is 8.42 Å². The number of rotatable bonds is 9. The van der Waals surface area contributed by atoms with Crippen molar-refractivity contribution < 1.29 is 17.9 Å². The first-order chi connectivity index (χ1) is 16.5. The van der Waals surface area contributed by atoms with E-state index in [-0.39, 0.29) is 4.90 Å². The van der Waals surface area contributed by atoms with Crippen molar-refractivity contribution in [3.05, 3.63) is 54.7 Å². The number of ether oxygens (including phenoxy) is 2. The van der Waals surface area contributed by atoms with Crippen LogP contribution >= 0.6 is 0 Å². The van der Waals surface area contributed by atoms with Crippen LogP contribution in [0.1, 0.15) is 13.8 Å². The molecule has 0 amide bonds. The molecule has 1 aromatic carbocycles. The molecule has 1 saturated heterocycles. The summed E-state index contributed by atoms with van der Waals surface area (Å²) in [6.45, 7) is 6.20. The zero-order chi connectivity index (χ0) is 24.0. The van der Waals surface area contributed by atoms with Crippen molar-refractivity contribution in [2.24, 2.45) is 0 Å². The van der Waals surface area contributed by atoms with Gasteiger partial charge in [0.2, 0.25) is 10.0 Å². The molecule has 0 saturated carbocycles. The van der Waals surface area contributed by atoms with Gasteiger partial charge in [0.25, 0.3) is 0 Å². The second-order valence-corrected chi connectivity index (χ2v) is 9.39. The van der Waals surface area contributed by atoms with Gasteiger partial charge in [-0.1, -0.05) is 6.07 Å². The lowest BCUT2D eigenvalue weighted by molar-refractivity contribution is 0.314. The molecule has 0 aliphatic carbocycles. The van der Waals surface area contributed by atoms with Crippen LogP contribution < -0.4 is 19.7 Å². The smallest absolute Gasteiger partial charge is 0.246 e. The van der Waals surface area contributed by atoms with E-state index >= 15 is 0 Å². The lowest BCUT2D eigenvalue weighted by Gasteiger charge is -2.34. The summed E-state index contributed by atoms with van der Waals surface area (Å²) in [7, 11) is -3.72. The van der Waals surface area contributed by atoms with E-state index in [0.29, 0.717) is 68.3 Å². The summed E-state index contributed by atoms with van der Waals surface area (Å²) in [6.07, 6.45) is 1.70. The number of pyridine rings is 1. The Kier molecular flexibility index (Phi) is 7.43. The normalized spacial score (nSPS) is 14.6. The minimum absolute atomic E-state index is 0.149. The Labute approximate surface area is 199 Å². The van der Waals surface area contributed by atoms with Crippen molar-refractivity contribution >= 4 is 27.5 Å². The molecule has 1 fully saturated rings. The van der Waals surface area contributed by atoms with Crippen molar-refractivity contribution in [1.82, 2.24) is 19.5 Å². The average molecular weight is 485 g/mol. The molecule has 0 unspecified atom stereocenters. The van der Waals surface area contributed by atoms with Crippen LogP contribution in [0.25, 0.3) is 0 Å². The second kappa shape index (κ2) is 10.7. The van der Waals surface area contributed by atoms with Crippen molar-refractivity contribution in [2.45, 2.75) is 18.7 Å². The van der Waals surface area contributed by atoms with Crippen LogP contribution in [-0.2, 0) is 10.0 Å². The van der Waals surface area contributed by atoms with Crippen LogP contribution in [0.3, 0.4) is 0 Å². The predicted octanol–water partition coefficient (Wildman–Crippen LogP) is 2.92. The molecule has 0 radical (unpaired) electrons. The maximum atomic E-state index is 13.4. The molecule has 10 nitrogen and oxygen atoms in total. The quantitative estimate of drug-likeness (QED) is 0.490. The van der Waals surface area contributed by atoms with Gasteiger partial charge in [-0.05, 0) is 50.2 Å². The zero-order valence-electron chi connectivity index (χ0n) is 19.2. The lowest BCUT2D eigenvalue weighted by atomic mass is 10.3. The molecule has 4 rings (SSSR count). The minimum Gasteiger partial charge on any atom is -0.494 e. The predicted molar refractivity (Wildman–Crippen MR) is 129 cm³/mol. The Hall–Kier alpha value is -3.44. The van der Waals surface area contributed by atoms with Crippen LogP contribution in [0.4, 0.5) is 17.5 Å². The fourth-order valence-corrected chi connectivity index (χ4v) is 5.19. The van der Waals surface area contributed by atoms with E-state index in [1.165, 1.54) is 4.31 Å². The zero-order valence-corrected chi connectivity index (χ0v) is 20.0. The van der Waals surface area contributed by atoms with Gasteiger partial charge in [-0.15, -0.1) is 10.2 Å². The maximum absolute atomic E-state index is 13.4. The Morgan fingerprint density at radius 2 is 1.71 bits per heavy atom. The highest BCUT2D eigenvalue weighted by molar-refractivity contribution is 7.89. The SMILES string of the molecule is CCOc1ccc(S(=O)(=O)N2CCN(c3ccc(Nc4ccccn4)nn3)CC2)c(OCC)c1. The molecule has 0 atom stereocenters. The Balaban J connectivity index is 1.42. The highest BCUT2D eigenvalue weighted by atomic mass is 32.2. The van der Waals surface area contributed by atoms with E-state index in [1.54, 1.807) is 24.4 Å². The fraction of sp³-hybridized carbons (Fsp3) is 0.348. The molecule has 1 aliphatic heterocycles. The molecule has 3 aromatic rings. The maximum Gasteiger partial charge on any atom is 0.246 e. The molecule has 34 heavy (non-hydrogen) atoms. The van der Waals surface area contributed by atoms with Crippen LogP contribution in [0, 0.1) is 0 Å². The van der Waals surface area contributed by atoms with Gasteiger partial charge in [0.1, 0.15) is 22.2 Å². The highest BCUT2D eigenvalue weighted by Crippen LogP contribution is 2.32. The standard InChI is InChI=1S/C23H28N6O4S/c1-3-32-18-8-9-20(19(17-18)33-4-2)34(30,31)29-15-13-28(14-16-29)23-11-10-22(26-27-23)25-21-7-5-6-12-24-21/h5-12,17H,3-4,13-16H2,1-2H3,(H,24,25,26). The number of aromatic nitrogens is 3. The third-order valence-corrected chi connectivity index (χ3v) is 7.22. The van der Waals surface area contributed by atoms with Crippen molar-refractivity contribution in [1.29, 1.82) is 0 Å². The minimum atomic E-state index is -3.72. The van der Waals surface area contributed by atoms with Gasteiger partial charge in [-0.25, -0.2) is 13.4 Å². The third kappa shape index (κ3) is 5.37. The second-order valence-electron chi connectivity index (χ2n) is 7.48. The summed E-state index contributed by atoms with van der Waals surface area (Å²) < 4.78 is 39.3. The topological polar surface area (TPSA) is 110 Å². The monoisotopic (exact) mass is 484 g/mol. The van der Waals surface area contributed by atoms with Crippen LogP contribution in [-0.4, -0.2) is 67.3 Å². The van der Waals surface area contributed by atoms with Gasteiger partial charge in [-0.2, -0.15) is 4.31 Å². The molecule has 1 aliphatic rings. The van der Waals surface area contributed by atoms with Gasteiger partial charge < -0.3 is 19.7 Å². The van der Waals surface area contributed by atoms with E-state index in [1.807, 2.05) is 49.1 Å². The first-order valence-corrected chi connectivity index (χ1v) is 12.6. The molecule has 1 N–H and O–H groups in total. The van der Waals surface area contributed by atoms with Gasteiger partial charge in [0, 0.05) is 38.4 Å².